The lowest BCUT2D eigenvalue weighted by Gasteiger charge is -2.42. The Hall–Kier alpha value is -1.34. The summed E-state index contributed by atoms with van der Waals surface area (Å²) in [7, 11) is 0. The molecule has 0 aromatic carbocycles. The van der Waals surface area contributed by atoms with Gasteiger partial charge in [-0.3, -0.25) is 5.01 Å². The first-order chi connectivity index (χ1) is 10.2. The molecule has 7 nitrogen and oxygen atoms in total. The molecule has 0 aromatic heterocycles. The van der Waals surface area contributed by atoms with E-state index < -0.39 is 29.2 Å². The van der Waals surface area contributed by atoms with Crippen LogP contribution in [-0.2, 0) is 9.53 Å². The molecule has 136 valence electrons. The zero-order valence-electron chi connectivity index (χ0n) is 15.7. The first kappa shape index (κ1) is 21.7. The normalized spacial score (nSPS) is 13.8. The number of amides is 2. The van der Waals surface area contributed by atoms with Gasteiger partial charge in [0, 0.05) is 12.1 Å². The zero-order chi connectivity index (χ0) is 18.6. The van der Waals surface area contributed by atoms with Gasteiger partial charge in [0.2, 0.25) is 0 Å². The number of rotatable bonds is 6. The second-order valence-electron chi connectivity index (χ2n) is 8.15. The molecule has 0 aromatic rings. The summed E-state index contributed by atoms with van der Waals surface area (Å²) in [4.78, 5) is 25.7. The van der Waals surface area contributed by atoms with Crippen LogP contribution in [0.3, 0.4) is 0 Å². The van der Waals surface area contributed by atoms with Crippen molar-refractivity contribution in [1.29, 1.82) is 0 Å². The minimum absolute atomic E-state index is 0.0998. The van der Waals surface area contributed by atoms with Gasteiger partial charge in [0.1, 0.15) is 0 Å². The molecule has 0 aliphatic carbocycles. The number of urea groups is 1. The third-order valence-corrected chi connectivity index (χ3v) is 3.01. The number of ether oxygens (including phenoxy) is 1. The molecule has 0 radical (unpaired) electrons. The van der Waals surface area contributed by atoms with Crippen molar-refractivity contribution in [2.24, 2.45) is 11.8 Å². The standard InChI is InChI=1S/C16H33N3O4/c1-11(2)9-18(17)14(22)19(15(3,4)5)12(13(20)21)10-23-16(6,7)8/h11-12H,9-10,17H2,1-8H3,(H,20,21). The van der Waals surface area contributed by atoms with E-state index in [2.05, 4.69) is 0 Å². The maximum atomic E-state index is 12.7. The molecule has 1 atom stereocenters. The fourth-order valence-corrected chi connectivity index (χ4v) is 2.08. The van der Waals surface area contributed by atoms with Gasteiger partial charge in [-0.15, -0.1) is 0 Å². The fourth-order valence-electron chi connectivity index (χ4n) is 2.08. The van der Waals surface area contributed by atoms with Crippen molar-refractivity contribution in [2.45, 2.75) is 72.6 Å². The van der Waals surface area contributed by atoms with Crippen molar-refractivity contribution in [3.63, 3.8) is 0 Å². The summed E-state index contributed by atoms with van der Waals surface area (Å²) in [5.41, 5.74) is -1.21. The molecule has 0 bridgehead atoms. The molecular weight excluding hydrogens is 298 g/mol. The van der Waals surface area contributed by atoms with E-state index in [0.717, 1.165) is 5.01 Å². The number of hydrazine groups is 1. The number of carbonyl (C=O) groups is 2. The van der Waals surface area contributed by atoms with Gasteiger partial charge < -0.3 is 14.7 Å². The molecular formula is C16H33N3O4. The van der Waals surface area contributed by atoms with Crippen molar-refractivity contribution in [1.82, 2.24) is 9.91 Å². The number of hydrogen-bond acceptors (Lipinski definition) is 4. The van der Waals surface area contributed by atoms with Gasteiger partial charge >= 0.3 is 12.0 Å². The Balaban J connectivity index is 5.47. The van der Waals surface area contributed by atoms with E-state index >= 15 is 0 Å². The van der Waals surface area contributed by atoms with Crippen LogP contribution in [0.4, 0.5) is 4.79 Å². The predicted octanol–water partition coefficient (Wildman–Crippen LogP) is 2.31. The van der Waals surface area contributed by atoms with Crippen LogP contribution in [-0.4, -0.2) is 57.3 Å². The molecule has 0 aliphatic rings. The summed E-state index contributed by atoms with van der Waals surface area (Å²) in [5.74, 6) is 4.91. The highest BCUT2D eigenvalue weighted by Crippen LogP contribution is 2.21. The molecule has 0 saturated carbocycles. The Morgan fingerprint density at radius 2 is 1.61 bits per heavy atom. The van der Waals surface area contributed by atoms with Crippen LogP contribution in [0.25, 0.3) is 0 Å². The van der Waals surface area contributed by atoms with Crippen LogP contribution in [0.1, 0.15) is 55.4 Å². The Kier molecular flexibility index (Phi) is 7.50. The molecule has 0 aliphatic heterocycles. The van der Waals surface area contributed by atoms with Gasteiger partial charge in [-0.25, -0.2) is 15.4 Å². The molecule has 0 rings (SSSR count). The van der Waals surface area contributed by atoms with Crippen molar-refractivity contribution >= 4 is 12.0 Å². The van der Waals surface area contributed by atoms with Crippen molar-refractivity contribution in [2.75, 3.05) is 13.2 Å². The van der Waals surface area contributed by atoms with Crippen molar-refractivity contribution < 1.29 is 19.4 Å². The molecule has 0 spiro atoms. The zero-order valence-corrected chi connectivity index (χ0v) is 15.7. The average Bonchev–Trinajstić information content (AvgIpc) is 2.29. The third-order valence-electron chi connectivity index (χ3n) is 3.01. The molecule has 0 saturated heterocycles. The topological polar surface area (TPSA) is 96.1 Å². The largest absolute Gasteiger partial charge is 0.480 e. The molecule has 23 heavy (non-hydrogen) atoms. The van der Waals surface area contributed by atoms with E-state index in [9.17, 15) is 14.7 Å². The highest BCUT2D eigenvalue weighted by molar-refractivity contribution is 5.83. The number of nitrogens with zero attached hydrogens (tertiary/aromatic N) is 2. The summed E-state index contributed by atoms with van der Waals surface area (Å²) in [6.45, 7) is 15.0. The number of aliphatic carboxylic acids is 1. The Bertz CT molecular complexity index is 411. The third kappa shape index (κ3) is 7.65. The molecule has 0 heterocycles. The monoisotopic (exact) mass is 331 g/mol. The molecule has 2 amide bonds. The predicted molar refractivity (Wildman–Crippen MR) is 89.8 cm³/mol. The lowest BCUT2D eigenvalue weighted by molar-refractivity contribution is -0.149. The van der Waals surface area contributed by atoms with Crippen LogP contribution < -0.4 is 5.84 Å². The van der Waals surface area contributed by atoms with E-state index in [4.69, 9.17) is 10.6 Å². The van der Waals surface area contributed by atoms with E-state index in [1.165, 1.54) is 4.90 Å². The summed E-state index contributed by atoms with van der Waals surface area (Å²) in [5, 5.41) is 10.7. The van der Waals surface area contributed by atoms with Gasteiger partial charge in [0.15, 0.2) is 6.04 Å². The highest BCUT2D eigenvalue weighted by atomic mass is 16.5. The summed E-state index contributed by atoms with van der Waals surface area (Å²) >= 11 is 0. The first-order valence-corrected chi connectivity index (χ1v) is 7.89. The van der Waals surface area contributed by atoms with Crippen LogP contribution in [0.2, 0.25) is 0 Å². The van der Waals surface area contributed by atoms with E-state index in [1.807, 2.05) is 34.6 Å². The SMILES string of the molecule is CC(C)CN(N)C(=O)N(C(COC(C)(C)C)C(=O)O)C(C)(C)C. The minimum atomic E-state index is -1.12. The highest BCUT2D eigenvalue weighted by Gasteiger charge is 2.40. The minimum Gasteiger partial charge on any atom is -0.480 e. The van der Waals surface area contributed by atoms with Crippen LogP contribution >= 0.6 is 0 Å². The molecule has 0 fully saturated rings. The molecule has 3 N–H and O–H groups in total. The summed E-state index contributed by atoms with van der Waals surface area (Å²) in [6, 6.07) is -1.63. The lowest BCUT2D eigenvalue weighted by atomic mass is 10.0. The van der Waals surface area contributed by atoms with Crippen LogP contribution in [0.5, 0.6) is 0 Å². The second kappa shape index (κ2) is 7.97. The van der Waals surface area contributed by atoms with E-state index in [-0.39, 0.29) is 12.5 Å². The smallest absolute Gasteiger partial charge is 0.335 e. The van der Waals surface area contributed by atoms with Crippen molar-refractivity contribution in [3.05, 3.63) is 0 Å². The molecule has 1 unspecified atom stereocenters. The fraction of sp³-hybridized carbons (Fsp3) is 0.875. The Labute approximate surface area is 139 Å². The van der Waals surface area contributed by atoms with Gasteiger partial charge in [-0.2, -0.15) is 0 Å². The summed E-state index contributed by atoms with van der Waals surface area (Å²) < 4.78 is 5.61. The van der Waals surface area contributed by atoms with Gasteiger partial charge in [-0.1, -0.05) is 13.8 Å². The van der Waals surface area contributed by atoms with Gasteiger partial charge in [0.05, 0.1) is 12.2 Å². The lowest BCUT2D eigenvalue weighted by Crippen LogP contribution is -2.62. The van der Waals surface area contributed by atoms with E-state index in [0.29, 0.717) is 6.54 Å². The number of nitrogens with two attached hydrogens (primary N) is 1. The van der Waals surface area contributed by atoms with E-state index in [1.54, 1.807) is 20.8 Å². The van der Waals surface area contributed by atoms with Crippen LogP contribution in [0, 0.1) is 5.92 Å². The number of carboxylic acid groups (broad SMARTS) is 1. The van der Waals surface area contributed by atoms with Crippen LogP contribution in [0.15, 0.2) is 0 Å². The van der Waals surface area contributed by atoms with Gasteiger partial charge in [-0.05, 0) is 47.5 Å². The maximum Gasteiger partial charge on any atom is 0.335 e. The Morgan fingerprint density at radius 1 is 1.13 bits per heavy atom. The molecule has 7 heteroatoms. The van der Waals surface area contributed by atoms with Crippen molar-refractivity contribution in [3.8, 4) is 0 Å². The Morgan fingerprint density at radius 3 is 1.91 bits per heavy atom. The summed E-state index contributed by atoms with van der Waals surface area (Å²) in [6.07, 6.45) is 0. The number of hydrogen-bond donors (Lipinski definition) is 2. The maximum absolute atomic E-state index is 12.7. The number of carbonyl (C=O) groups excluding carboxylic acids is 1. The average molecular weight is 331 g/mol. The number of carboxylic acids is 1. The second-order valence-corrected chi connectivity index (χ2v) is 8.15. The van der Waals surface area contributed by atoms with Gasteiger partial charge in [0.25, 0.3) is 0 Å². The quantitative estimate of drug-likeness (QED) is 0.442. The first-order valence-electron chi connectivity index (χ1n) is 7.89.